The zero-order valence-electron chi connectivity index (χ0n) is 13.5. The van der Waals surface area contributed by atoms with Crippen molar-refractivity contribution in [1.82, 2.24) is 9.55 Å². The summed E-state index contributed by atoms with van der Waals surface area (Å²) in [5.41, 5.74) is 0.342. The van der Waals surface area contributed by atoms with Crippen LogP contribution >= 0.6 is 0 Å². The van der Waals surface area contributed by atoms with Gasteiger partial charge < -0.3 is 25.4 Å². The molecule has 0 spiro atoms. The molecule has 8 heteroatoms. The number of hydrogen-bond acceptors (Lipinski definition) is 7. The second-order valence-electron chi connectivity index (χ2n) is 5.91. The van der Waals surface area contributed by atoms with E-state index in [4.69, 9.17) is 9.84 Å². The van der Waals surface area contributed by atoms with Gasteiger partial charge >= 0.3 is 5.69 Å². The zero-order valence-corrected chi connectivity index (χ0v) is 13.5. The van der Waals surface area contributed by atoms with E-state index in [0.717, 1.165) is 5.56 Å². The van der Waals surface area contributed by atoms with Crippen molar-refractivity contribution in [3.05, 3.63) is 58.6 Å². The maximum absolute atomic E-state index is 12.3. The topological polar surface area (TPSA) is 117 Å². The van der Waals surface area contributed by atoms with Crippen LogP contribution in [0.4, 0.5) is 5.82 Å². The normalized spacial score (nSPS) is 24.2. The highest BCUT2D eigenvalue weighted by Crippen LogP contribution is 2.27. The van der Waals surface area contributed by atoms with Crippen LogP contribution in [0.2, 0.25) is 0 Å². The summed E-state index contributed by atoms with van der Waals surface area (Å²) in [4.78, 5) is 16.2. The molecule has 134 valence electrons. The molecule has 1 aliphatic rings. The van der Waals surface area contributed by atoms with Gasteiger partial charge in [0.1, 0.15) is 18.1 Å². The van der Waals surface area contributed by atoms with Gasteiger partial charge in [-0.1, -0.05) is 30.3 Å². The lowest BCUT2D eigenvalue weighted by Gasteiger charge is -2.18. The molecule has 3 rings (SSSR count). The molecule has 0 saturated carbocycles. The Morgan fingerprint density at radius 1 is 1.28 bits per heavy atom. The van der Waals surface area contributed by atoms with E-state index in [2.05, 4.69) is 10.3 Å². The Balaban J connectivity index is 1.75. The summed E-state index contributed by atoms with van der Waals surface area (Å²) in [6.45, 7) is -0.459. The number of nitrogens with one attached hydrogen (secondary N) is 1. The Kier molecular flexibility index (Phi) is 5.44. The Morgan fingerprint density at radius 2 is 2.04 bits per heavy atom. The van der Waals surface area contributed by atoms with Crippen LogP contribution in [0.25, 0.3) is 0 Å². The van der Waals surface area contributed by atoms with Crippen molar-refractivity contribution in [3.8, 4) is 0 Å². The summed E-state index contributed by atoms with van der Waals surface area (Å²) in [6, 6.07) is 10.6. The van der Waals surface area contributed by atoms with Crippen LogP contribution in [0.15, 0.2) is 47.4 Å². The minimum Gasteiger partial charge on any atom is -0.394 e. The van der Waals surface area contributed by atoms with E-state index in [1.807, 2.05) is 30.3 Å². The fourth-order valence-corrected chi connectivity index (χ4v) is 2.86. The summed E-state index contributed by atoms with van der Waals surface area (Å²) in [5.74, 6) is 0.335. The molecule has 1 aromatic heterocycles. The van der Waals surface area contributed by atoms with E-state index in [9.17, 15) is 15.0 Å². The van der Waals surface area contributed by atoms with Crippen LogP contribution in [0.3, 0.4) is 0 Å². The number of anilines is 1. The minimum absolute atomic E-state index is 0.148. The number of benzene rings is 1. The van der Waals surface area contributed by atoms with Gasteiger partial charge in [-0.25, -0.2) is 4.79 Å². The number of aliphatic hydroxyl groups is 3. The monoisotopic (exact) mass is 347 g/mol. The summed E-state index contributed by atoms with van der Waals surface area (Å²) >= 11 is 0. The van der Waals surface area contributed by atoms with E-state index in [1.165, 1.54) is 10.8 Å². The average Bonchev–Trinajstić information content (AvgIpc) is 3.01. The Morgan fingerprint density at radius 3 is 2.64 bits per heavy atom. The Hall–Kier alpha value is -2.26. The smallest absolute Gasteiger partial charge is 0.351 e. The first-order valence-electron chi connectivity index (χ1n) is 8.08. The van der Waals surface area contributed by atoms with E-state index in [1.54, 1.807) is 6.07 Å². The lowest BCUT2D eigenvalue weighted by atomic mass is 10.1. The largest absolute Gasteiger partial charge is 0.394 e. The SMILES string of the molecule is O=c1nc(NC(CO)c2ccccc2)ccn1[C@H]1C[C@H](O)[C@@H](CO)O1. The van der Waals surface area contributed by atoms with Crippen molar-refractivity contribution in [1.29, 1.82) is 0 Å². The standard InChI is InChI=1S/C17H21N3O5/c21-9-12(11-4-2-1-3-5-11)18-15-6-7-20(17(24)19-15)16-8-13(23)14(10-22)25-16/h1-7,12-14,16,21-23H,8-10H2,(H,18,19,24)/t12?,13-,14+,16+/m0/s1. The second-order valence-corrected chi connectivity index (χ2v) is 5.91. The van der Waals surface area contributed by atoms with E-state index < -0.39 is 24.1 Å². The molecule has 2 heterocycles. The van der Waals surface area contributed by atoms with Crippen molar-refractivity contribution in [2.24, 2.45) is 0 Å². The quantitative estimate of drug-likeness (QED) is 0.582. The van der Waals surface area contributed by atoms with Crippen LogP contribution in [-0.2, 0) is 4.74 Å². The van der Waals surface area contributed by atoms with Gasteiger partial charge in [0.15, 0.2) is 0 Å². The number of rotatable bonds is 6. The third kappa shape index (κ3) is 3.88. The van der Waals surface area contributed by atoms with Gasteiger partial charge in [0, 0.05) is 12.6 Å². The molecule has 4 N–H and O–H groups in total. The predicted octanol–water partition coefficient (Wildman–Crippen LogP) is 0.0295. The summed E-state index contributed by atoms with van der Waals surface area (Å²) in [5, 5.41) is 31.5. The molecule has 4 atom stereocenters. The number of hydrogen-bond donors (Lipinski definition) is 4. The molecule has 1 unspecified atom stereocenters. The fraction of sp³-hybridized carbons (Fsp3) is 0.412. The number of nitrogens with zero attached hydrogens (tertiary/aromatic N) is 2. The van der Waals surface area contributed by atoms with Crippen molar-refractivity contribution in [2.75, 3.05) is 18.5 Å². The fourth-order valence-electron chi connectivity index (χ4n) is 2.86. The molecular formula is C17H21N3O5. The second kappa shape index (κ2) is 7.75. The molecule has 0 bridgehead atoms. The van der Waals surface area contributed by atoms with Crippen molar-refractivity contribution in [2.45, 2.75) is 30.9 Å². The lowest BCUT2D eigenvalue weighted by molar-refractivity contribution is -0.0458. The number of aliphatic hydroxyl groups excluding tert-OH is 3. The molecule has 25 heavy (non-hydrogen) atoms. The van der Waals surface area contributed by atoms with Crippen molar-refractivity contribution < 1.29 is 20.1 Å². The first-order chi connectivity index (χ1) is 12.1. The van der Waals surface area contributed by atoms with Gasteiger partial charge in [0.25, 0.3) is 0 Å². The van der Waals surface area contributed by atoms with Gasteiger partial charge in [-0.3, -0.25) is 4.57 Å². The van der Waals surface area contributed by atoms with Crippen molar-refractivity contribution in [3.63, 3.8) is 0 Å². The Bertz CT molecular complexity index is 751. The highest BCUT2D eigenvalue weighted by Gasteiger charge is 2.34. The van der Waals surface area contributed by atoms with Gasteiger partial charge in [-0.05, 0) is 11.6 Å². The third-order valence-electron chi connectivity index (χ3n) is 4.23. The van der Waals surface area contributed by atoms with Gasteiger partial charge in [0.2, 0.25) is 0 Å². The van der Waals surface area contributed by atoms with Crippen LogP contribution in [0, 0.1) is 0 Å². The molecule has 8 nitrogen and oxygen atoms in total. The number of ether oxygens (including phenoxy) is 1. The van der Waals surface area contributed by atoms with Gasteiger partial charge in [0.05, 0.1) is 25.4 Å². The highest BCUT2D eigenvalue weighted by molar-refractivity contribution is 5.37. The van der Waals surface area contributed by atoms with Crippen molar-refractivity contribution >= 4 is 5.82 Å². The summed E-state index contributed by atoms with van der Waals surface area (Å²) < 4.78 is 6.74. The molecule has 0 amide bonds. The van der Waals surface area contributed by atoms with Crippen LogP contribution in [0.1, 0.15) is 24.3 Å². The van der Waals surface area contributed by atoms with Gasteiger partial charge in [-0.15, -0.1) is 0 Å². The maximum Gasteiger partial charge on any atom is 0.351 e. The molecule has 2 aromatic rings. The average molecular weight is 347 g/mol. The number of aromatic nitrogens is 2. The molecule has 1 aliphatic heterocycles. The molecule has 0 aliphatic carbocycles. The predicted molar refractivity (Wildman–Crippen MR) is 90.0 cm³/mol. The van der Waals surface area contributed by atoms with Gasteiger partial charge in [-0.2, -0.15) is 4.98 Å². The third-order valence-corrected chi connectivity index (χ3v) is 4.23. The molecule has 1 fully saturated rings. The summed E-state index contributed by atoms with van der Waals surface area (Å²) in [7, 11) is 0. The molecule has 1 aromatic carbocycles. The molecule has 0 radical (unpaired) electrons. The summed E-state index contributed by atoms with van der Waals surface area (Å²) in [6.07, 6.45) is -0.455. The minimum atomic E-state index is -0.823. The van der Waals surface area contributed by atoms with E-state index in [0.29, 0.717) is 5.82 Å². The Labute approximate surface area is 144 Å². The van der Waals surface area contributed by atoms with Crippen LogP contribution in [-0.4, -0.2) is 50.3 Å². The zero-order chi connectivity index (χ0) is 17.8. The molecule has 1 saturated heterocycles. The lowest BCUT2D eigenvalue weighted by Crippen LogP contribution is -2.28. The maximum atomic E-state index is 12.3. The van der Waals surface area contributed by atoms with E-state index >= 15 is 0 Å². The van der Waals surface area contributed by atoms with Crippen LogP contribution < -0.4 is 11.0 Å². The molecular weight excluding hydrogens is 326 g/mol. The van der Waals surface area contributed by atoms with E-state index in [-0.39, 0.29) is 25.7 Å². The van der Waals surface area contributed by atoms with Crippen LogP contribution in [0.5, 0.6) is 0 Å². The first-order valence-corrected chi connectivity index (χ1v) is 8.08. The highest BCUT2D eigenvalue weighted by atomic mass is 16.5. The first kappa shape index (κ1) is 17.6.